The van der Waals surface area contributed by atoms with Gasteiger partial charge >= 0.3 is 0 Å². The highest BCUT2D eigenvalue weighted by Crippen LogP contribution is 2.23. The third-order valence-corrected chi connectivity index (χ3v) is 3.91. The molecular formula is C14H19ClN2O2. The summed E-state index contributed by atoms with van der Waals surface area (Å²) in [5, 5.41) is 15.9. The Morgan fingerprint density at radius 1 is 1.58 bits per heavy atom. The normalized spacial score (nSPS) is 20.8. The number of phenols is 1. The number of halogens is 1. The van der Waals surface area contributed by atoms with Gasteiger partial charge in [-0.3, -0.25) is 4.79 Å². The van der Waals surface area contributed by atoms with Crippen molar-refractivity contribution in [3.8, 4) is 5.75 Å². The molecule has 2 atom stereocenters. The maximum absolute atomic E-state index is 12.1. The molecular weight excluding hydrogens is 264 g/mol. The topological polar surface area (TPSA) is 61.4 Å². The van der Waals surface area contributed by atoms with Gasteiger partial charge in [0.15, 0.2) is 0 Å². The van der Waals surface area contributed by atoms with Crippen molar-refractivity contribution in [3.05, 3.63) is 28.8 Å². The zero-order chi connectivity index (χ0) is 13.8. The predicted octanol–water partition coefficient (Wildman–Crippen LogP) is 2.16. The fourth-order valence-corrected chi connectivity index (χ4v) is 2.54. The van der Waals surface area contributed by atoms with E-state index in [2.05, 4.69) is 10.6 Å². The van der Waals surface area contributed by atoms with Crippen LogP contribution in [0.1, 0.15) is 30.1 Å². The second-order valence-electron chi connectivity index (χ2n) is 5.03. The van der Waals surface area contributed by atoms with Gasteiger partial charge in [0.25, 0.3) is 5.91 Å². The first kappa shape index (κ1) is 14.2. The van der Waals surface area contributed by atoms with Crippen LogP contribution in [0.5, 0.6) is 5.75 Å². The molecule has 0 spiro atoms. The molecule has 1 aliphatic heterocycles. The third kappa shape index (κ3) is 3.61. The number of phenolic OH excluding ortho intramolecular Hbond substituents is 1. The molecule has 1 fully saturated rings. The molecule has 104 valence electrons. The lowest BCUT2D eigenvalue weighted by Gasteiger charge is -2.29. The van der Waals surface area contributed by atoms with Gasteiger partial charge in [0.05, 0.1) is 5.02 Å². The number of aromatic hydroxyl groups is 1. The first-order chi connectivity index (χ1) is 9.08. The minimum absolute atomic E-state index is 0.0113. The van der Waals surface area contributed by atoms with Crippen molar-refractivity contribution < 1.29 is 9.90 Å². The second-order valence-corrected chi connectivity index (χ2v) is 5.44. The molecule has 0 bridgehead atoms. The Morgan fingerprint density at radius 2 is 2.37 bits per heavy atom. The monoisotopic (exact) mass is 282 g/mol. The standard InChI is InChI=1S/C14H19ClN2O2/c1-9(11-3-2-6-16-8-11)17-14(19)10-4-5-13(18)12(15)7-10/h4-5,7,9,11,16,18H,2-3,6,8H2,1H3,(H,17,19). The van der Waals surface area contributed by atoms with Crippen molar-refractivity contribution in [2.24, 2.45) is 5.92 Å². The van der Waals surface area contributed by atoms with Crippen molar-refractivity contribution in [1.29, 1.82) is 0 Å². The van der Waals surface area contributed by atoms with Gasteiger partial charge in [0.1, 0.15) is 5.75 Å². The molecule has 2 rings (SSSR count). The lowest BCUT2D eigenvalue weighted by Crippen LogP contribution is -2.44. The fourth-order valence-electron chi connectivity index (χ4n) is 2.36. The Bertz CT molecular complexity index is 459. The number of nitrogens with one attached hydrogen (secondary N) is 2. The summed E-state index contributed by atoms with van der Waals surface area (Å²) in [5.41, 5.74) is 0.471. The molecule has 0 radical (unpaired) electrons. The fraction of sp³-hybridized carbons (Fsp3) is 0.500. The van der Waals surface area contributed by atoms with Crippen molar-refractivity contribution in [2.75, 3.05) is 13.1 Å². The maximum atomic E-state index is 12.1. The van der Waals surface area contributed by atoms with E-state index < -0.39 is 0 Å². The minimum Gasteiger partial charge on any atom is -0.506 e. The van der Waals surface area contributed by atoms with Crippen LogP contribution in [0, 0.1) is 5.92 Å². The Kier molecular flexibility index (Phi) is 4.66. The van der Waals surface area contributed by atoms with E-state index in [9.17, 15) is 9.90 Å². The predicted molar refractivity (Wildman–Crippen MR) is 75.6 cm³/mol. The Labute approximate surface area is 118 Å². The number of carbonyl (C=O) groups is 1. The van der Waals surface area contributed by atoms with Crippen molar-refractivity contribution >= 4 is 17.5 Å². The van der Waals surface area contributed by atoms with E-state index in [1.807, 2.05) is 6.92 Å². The largest absolute Gasteiger partial charge is 0.506 e. The van der Waals surface area contributed by atoms with Crippen molar-refractivity contribution in [3.63, 3.8) is 0 Å². The lowest BCUT2D eigenvalue weighted by molar-refractivity contribution is 0.0922. The highest BCUT2D eigenvalue weighted by Gasteiger charge is 2.21. The first-order valence-corrected chi connectivity index (χ1v) is 6.96. The van der Waals surface area contributed by atoms with Crippen LogP contribution >= 0.6 is 11.6 Å². The number of carbonyl (C=O) groups excluding carboxylic acids is 1. The molecule has 0 aliphatic carbocycles. The van der Waals surface area contributed by atoms with Crippen LogP contribution in [-0.4, -0.2) is 30.1 Å². The van der Waals surface area contributed by atoms with Gasteiger partial charge in [-0.1, -0.05) is 11.6 Å². The molecule has 19 heavy (non-hydrogen) atoms. The number of piperidine rings is 1. The maximum Gasteiger partial charge on any atom is 0.251 e. The number of hydrogen-bond donors (Lipinski definition) is 3. The Hall–Kier alpha value is -1.26. The van der Waals surface area contributed by atoms with Gasteiger partial charge < -0.3 is 15.7 Å². The van der Waals surface area contributed by atoms with Crippen LogP contribution in [0.25, 0.3) is 0 Å². The smallest absolute Gasteiger partial charge is 0.251 e. The van der Waals surface area contributed by atoms with Crippen molar-refractivity contribution in [1.82, 2.24) is 10.6 Å². The number of hydrogen-bond acceptors (Lipinski definition) is 3. The zero-order valence-corrected chi connectivity index (χ0v) is 11.7. The summed E-state index contributed by atoms with van der Waals surface area (Å²) < 4.78 is 0. The van der Waals surface area contributed by atoms with Gasteiger partial charge in [-0.15, -0.1) is 0 Å². The van der Waals surface area contributed by atoms with Gasteiger partial charge in [-0.05, 0) is 57.0 Å². The van der Waals surface area contributed by atoms with E-state index in [0.29, 0.717) is 11.5 Å². The van der Waals surface area contributed by atoms with Crippen LogP contribution in [-0.2, 0) is 0 Å². The Morgan fingerprint density at radius 3 is 3.00 bits per heavy atom. The average molecular weight is 283 g/mol. The van der Waals surface area contributed by atoms with Gasteiger partial charge in [-0.25, -0.2) is 0 Å². The number of rotatable bonds is 3. The highest BCUT2D eigenvalue weighted by molar-refractivity contribution is 6.32. The lowest BCUT2D eigenvalue weighted by atomic mass is 9.92. The SMILES string of the molecule is CC(NC(=O)c1ccc(O)c(Cl)c1)C1CCCNC1. The zero-order valence-electron chi connectivity index (χ0n) is 10.9. The van der Waals surface area contributed by atoms with Crippen LogP contribution in [0.4, 0.5) is 0 Å². The van der Waals surface area contributed by atoms with Crippen LogP contribution in [0.2, 0.25) is 5.02 Å². The molecule has 1 aromatic carbocycles. The van der Waals surface area contributed by atoms with Crippen LogP contribution in [0.15, 0.2) is 18.2 Å². The quantitative estimate of drug-likeness (QED) is 0.796. The summed E-state index contributed by atoms with van der Waals surface area (Å²) in [4.78, 5) is 12.1. The van der Waals surface area contributed by atoms with E-state index in [4.69, 9.17) is 11.6 Å². The van der Waals surface area contributed by atoms with Gasteiger partial charge in [-0.2, -0.15) is 0 Å². The summed E-state index contributed by atoms with van der Waals surface area (Å²) in [6.45, 7) is 4.03. The first-order valence-electron chi connectivity index (χ1n) is 6.58. The molecule has 1 aliphatic rings. The van der Waals surface area contributed by atoms with E-state index in [-0.39, 0.29) is 22.7 Å². The van der Waals surface area contributed by atoms with E-state index in [0.717, 1.165) is 25.9 Å². The van der Waals surface area contributed by atoms with E-state index >= 15 is 0 Å². The summed E-state index contributed by atoms with van der Waals surface area (Å²) in [6, 6.07) is 4.61. The number of amides is 1. The van der Waals surface area contributed by atoms with Crippen molar-refractivity contribution in [2.45, 2.75) is 25.8 Å². The molecule has 2 unspecified atom stereocenters. The minimum atomic E-state index is -0.153. The van der Waals surface area contributed by atoms with E-state index in [1.165, 1.54) is 12.1 Å². The summed E-state index contributed by atoms with van der Waals surface area (Å²) in [7, 11) is 0. The molecule has 0 saturated carbocycles. The summed E-state index contributed by atoms with van der Waals surface area (Å²) in [6.07, 6.45) is 2.28. The van der Waals surface area contributed by atoms with Gasteiger partial charge in [0, 0.05) is 11.6 Å². The van der Waals surface area contributed by atoms with Crippen LogP contribution in [0.3, 0.4) is 0 Å². The third-order valence-electron chi connectivity index (χ3n) is 3.61. The molecule has 4 nitrogen and oxygen atoms in total. The Balaban J connectivity index is 1.97. The van der Waals surface area contributed by atoms with Crippen LogP contribution < -0.4 is 10.6 Å². The molecule has 3 N–H and O–H groups in total. The van der Waals surface area contributed by atoms with Gasteiger partial charge in [0.2, 0.25) is 0 Å². The number of benzene rings is 1. The average Bonchev–Trinajstić information content (AvgIpc) is 2.42. The molecule has 1 saturated heterocycles. The molecule has 1 heterocycles. The molecule has 0 aromatic heterocycles. The summed E-state index contributed by atoms with van der Waals surface area (Å²) in [5.74, 6) is 0.299. The molecule has 1 aromatic rings. The second kappa shape index (κ2) is 6.26. The summed E-state index contributed by atoms with van der Waals surface area (Å²) >= 11 is 5.80. The highest BCUT2D eigenvalue weighted by atomic mass is 35.5. The molecule has 5 heteroatoms. The van der Waals surface area contributed by atoms with E-state index in [1.54, 1.807) is 6.07 Å². The molecule has 1 amide bonds.